The van der Waals surface area contributed by atoms with Crippen LogP contribution in [-0.2, 0) is 4.79 Å². The van der Waals surface area contributed by atoms with E-state index in [9.17, 15) is 4.79 Å². The number of nitrogens with zero attached hydrogens (tertiary/aromatic N) is 1. The maximum Gasteiger partial charge on any atom is 0.328 e. The van der Waals surface area contributed by atoms with Gasteiger partial charge in [0.05, 0.1) is 0 Å². The number of carbonyl (C=O) groups is 1. The summed E-state index contributed by atoms with van der Waals surface area (Å²) in [4.78, 5) is 10.8. The highest BCUT2D eigenvalue weighted by Crippen LogP contribution is 2.26. The van der Waals surface area contributed by atoms with Gasteiger partial charge >= 0.3 is 5.97 Å². The third-order valence-electron chi connectivity index (χ3n) is 3.97. The first-order chi connectivity index (χ1) is 10.0. The number of allylic oxidation sites excluding steroid dienone is 1. The molecule has 1 aromatic carbocycles. The van der Waals surface area contributed by atoms with Crippen molar-refractivity contribution in [2.24, 2.45) is 0 Å². The van der Waals surface area contributed by atoms with Crippen LogP contribution in [0.2, 0.25) is 0 Å². The average molecular weight is 285 g/mol. The summed E-state index contributed by atoms with van der Waals surface area (Å²) in [6.07, 6.45) is 7.01. The topological polar surface area (TPSA) is 42.2 Å². The van der Waals surface area contributed by atoms with Gasteiger partial charge in [0.1, 0.15) is 0 Å². The Morgan fingerprint density at radius 3 is 2.81 bits per heavy atom. The highest BCUT2D eigenvalue weighted by atomic mass is 16.4. The lowest BCUT2D eigenvalue weighted by Gasteiger charge is -2.15. The molecule has 1 atom stereocenters. The van der Waals surface area contributed by atoms with Gasteiger partial charge in [-0.3, -0.25) is 0 Å². The van der Waals surface area contributed by atoms with E-state index in [-0.39, 0.29) is 0 Å². The number of aromatic nitrogens is 1. The molecule has 0 fully saturated rings. The van der Waals surface area contributed by atoms with Crippen molar-refractivity contribution in [1.82, 2.24) is 4.57 Å². The van der Waals surface area contributed by atoms with Gasteiger partial charge in [-0.25, -0.2) is 4.79 Å². The maximum absolute atomic E-state index is 10.8. The van der Waals surface area contributed by atoms with Gasteiger partial charge in [0.15, 0.2) is 0 Å². The molecular weight excluding hydrogens is 262 g/mol. The fourth-order valence-electron chi connectivity index (χ4n) is 2.70. The first kappa shape index (κ1) is 15.4. The molecule has 1 unspecified atom stereocenters. The van der Waals surface area contributed by atoms with Crippen molar-refractivity contribution in [2.45, 2.75) is 46.1 Å². The van der Waals surface area contributed by atoms with E-state index < -0.39 is 5.97 Å². The molecule has 1 heterocycles. The minimum absolute atomic E-state index is 0.490. The van der Waals surface area contributed by atoms with Gasteiger partial charge in [0.2, 0.25) is 0 Å². The van der Waals surface area contributed by atoms with E-state index in [0.29, 0.717) is 6.04 Å². The van der Waals surface area contributed by atoms with Crippen LogP contribution in [0.5, 0.6) is 0 Å². The Labute approximate surface area is 125 Å². The summed E-state index contributed by atoms with van der Waals surface area (Å²) in [5.41, 5.74) is 2.95. The van der Waals surface area contributed by atoms with Gasteiger partial charge in [-0.05, 0) is 49.6 Å². The van der Waals surface area contributed by atoms with Crippen LogP contribution in [0, 0.1) is 0 Å². The number of benzene rings is 1. The molecule has 0 amide bonds. The third kappa shape index (κ3) is 3.54. The smallest absolute Gasteiger partial charge is 0.328 e. The SMILES string of the molecule is CCCCC(C)n1ccc2cc(/C(C)=C/C(=O)O)ccc21. The van der Waals surface area contributed by atoms with Crippen molar-refractivity contribution in [3.63, 3.8) is 0 Å². The highest BCUT2D eigenvalue weighted by Gasteiger charge is 2.09. The van der Waals surface area contributed by atoms with Gasteiger partial charge in [-0.1, -0.05) is 25.8 Å². The molecular formula is C18H23NO2. The number of hydrogen-bond acceptors (Lipinski definition) is 1. The molecule has 0 bridgehead atoms. The summed E-state index contributed by atoms with van der Waals surface area (Å²) in [5, 5.41) is 10.00. The monoisotopic (exact) mass is 285 g/mol. The molecule has 1 N–H and O–H groups in total. The van der Waals surface area contributed by atoms with E-state index >= 15 is 0 Å². The number of hydrogen-bond donors (Lipinski definition) is 1. The van der Waals surface area contributed by atoms with Gasteiger partial charge in [0, 0.05) is 29.2 Å². The predicted octanol–water partition coefficient (Wildman–Crippen LogP) is 4.88. The zero-order chi connectivity index (χ0) is 15.4. The first-order valence-electron chi connectivity index (χ1n) is 7.55. The fraction of sp³-hybridized carbons (Fsp3) is 0.389. The van der Waals surface area contributed by atoms with Gasteiger partial charge < -0.3 is 9.67 Å². The van der Waals surface area contributed by atoms with Crippen LogP contribution in [0.3, 0.4) is 0 Å². The molecule has 1 aromatic heterocycles. The van der Waals surface area contributed by atoms with Crippen molar-refractivity contribution >= 4 is 22.4 Å². The molecule has 0 aliphatic carbocycles. The number of unbranched alkanes of at least 4 members (excludes halogenated alkanes) is 1. The third-order valence-corrected chi connectivity index (χ3v) is 3.97. The van der Waals surface area contributed by atoms with E-state index in [0.717, 1.165) is 16.5 Å². The minimum atomic E-state index is -0.904. The Kier molecular flexibility index (Phi) is 4.84. The second-order valence-corrected chi connectivity index (χ2v) is 5.65. The van der Waals surface area contributed by atoms with Gasteiger partial charge in [0.25, 0.3) is 0 Å². The molecule has 0 aliphatic heterocycles. The molecule has 112 valence electrons. The van der Waals surface area contributed by atoms with Crippen LogP contribution in [0.1, 0.15) is 51.6 Å². The normalized spacial score (nSPS) is 13.6. The Morgan fingerprint density at radius 2 is 2.14 bits per heavy atom. The van der Waals surface area contributed by atoms with Crippen LogP contribution >= 0.6 is 0 Å². The number of fused-ring (bicyclic) bond motifs is 1. The van der Waals surface area contributed by atoms with E-state index in [4.69, 9.17) is 5.11 Å². The minimum Gasteiger partial charge on any atom is -0.478 e. The molecule has 0 spiro atoms. The Morgan fingerprint density at radius 1 is 1.38 bits per heavy atom. The molecule has 3 heteroatoms. The molecule has 21 heavy (non-hydrogen) atoms. The summed E-state index contributed by atoms with van der Waals surface area (Å²) in [5.74, 6) is -0.904. The molecule has 0 saturated heterocycles. The summed E-state index contributed by atoms with van der Waals surface area (Å²) in [6.45, 7) is 6.29. The van der Waals surface area contributed by atoms with Crippen LogP contribution in [0.25, 0.3) is 16.5 Å². The largest absolute Gasteiger partial charge is 0.478 e. The van der Waals surface area contributed by atoms with E-state index in [2.05, 4.69) is 42.8 Å². The molecule has 0 aliphatic rings. The summed E-state index contributed by atoms with van der Waals surface area (Å²) in [7, 11) is 0. The lowest BCUT2D eigenvalue weighted by molar-refractivity contribution is -0.131. The maximum atomic E-state index is 10.8. The Bertz CT molecular complexity index is 667. The zero-order valence-corrected chi connectivity index (χ0v) is 13.0. The first-order valence-corrected chi connectivity index (χ1v) is 7.55. The predicted molar refractivity (Wildman–Crippen MR) is 87.5 cm³/mol. The average Bonchev–Trinajstić information content (AvgIpc) is 2.87. The summed E-state index contributed by atoms with van der Waals surface area (Å²) in [6, 6.07) is 8.75. The molecule has 2 aromatic rings. The second-order valence-electron chi connectivity index (χ2n) is 5.65. The van der Waals surface area contributed by atoms with Crippen molar-refractivity contribution in [3.8, 4) is 0 Å². The van der Waals surface area contributed by atoms with E-state index in [1.54, 1.807) is 0 Å². The highest BCUT2D eigenvalue weighted by molar-refractivity contribution is 5.91. The van der Waals surface area contributed by atoms with Crippen LogP contribution in [-0.4, -0.2) is 15.6 Å². The lowest BCUT2D eigenvalue weighted by atomic mass is 10.0. The fourth-order valence-corrected chi connectivity index (χ4v) is 2.70. The number of carboxylic acids is 1. The van der Waals surface area contributed by atoms with E-state index in [1.165, 1.54) is 30.9 Å². The van der Waals surface area contributed by atoms with Crippen LogP contribution in [0.4, 0.5) is 0 Å². The number of rotatable bonds is 6. The van der Waals surface area contributed by atoms with Crippen molar-refractivity contribution in [1.29, 1.82) is 0 Å². The summed E-state index contributed by atoms with van der Waals surface area (Å²) < 4.78 is 2.31. The van der Waals surface area contributed by atoms with Crippen LogP contribution in [0.15, 0.2) is 36.5 Å². The standard InChI is InChI=1S/C18H23NO2/c1-4-5-6-14(3)19-10-9-16-12-15(7-8-17(16)19)13(2)11-18(20)21/h7-12,14H,4-6H2,1-3H3,(H,20,21)/b13-11+. The molecule has 0 radical (unpaired) electrons. The molecule has 2 rings (SSSR count). The van der Waals surface area contributed by atoms with E-state index in [1.807, 2.05) is 13.0 Å². The number of aliphatic carboxylic acids is 1. The summed E-state index contributed by atoms with van der Waals surface area (Å²) >= 11 is 0. The van der Waals surface area contributed by atoms with Crippen molar-refractivity contribution in [2.75, 3.05) is 0 Å². The van der Waals surface area contributed by atoms with Crippen LogP contribution < -0.4 is 0 Å². The Hall–Kier alpha value is -2.03. The quantitative estimate of drug-likeness (QED) is 0.768. The zero-order valence-electron chi connectivity index (χ0n) is 13.0. The Balaban J connectivity index is 2.33. The lowest BCUT2D eigenvalue weighted by Crippen LogP contribution is -2.03. The molecule has 3 nitrogen and oxygen atoms in total. The second kappa shape index (κ2) is 6.61. The van der Waals surface area contributed by atoms with Crippen molar-refractivity contribution < 1.29 is 9.90 Å². The van der Waals surface area contributed by atoms with Gasteiger partial charge in [-0.2, -0.15) is 0 Å². The number of carboxylic acid groups (broad SMARTS) is 1. The van der Waals surface area contributed by atoms with Crippen molar-refractivity contribution in [3.05, 3.63) is 42.1 Å². The van der Waals surface area contributed by atoms with Gasteiger partial charge in [-0.15, -0.1) is 0 Å². The molecule has 0 saturated carbocycles.